The molecule has 0 atom stereocenters. The van der Waals surface area contributed by atoms with E-state index in [9.17, 15) is 4.79 Å². The van der Waals surface area contributed by atoms with Gasteiger partial charge in [-0.2, -0.15) is 0 Å². The minimum absolute atomic E-state index is 0.000602. The van der Waals surface area contributed by atoms with Gasteiger partial charge in [0.2, 0.25) is 0 Å². The van der Waals surface area contributed by atoms with E-state index in [4.69, 9.17) is 4.74 Å². The van der Waals surface area contributed by atoms with Gasteiger partial charge < -0.3 is 10.1 Å². The topological polar surface area (TPSA) is 53.6 Å². The number of ether oxygens (including phenoxy) is 1. The molecule has 1 aromatic carbocycles. The fourth-order valence-electron chi connectivity index (χ4n) is 2.62. The van der Waals surface area contributed by atoms with Gasteiger partial charge in [0.15, 0.2) is 0 Å². The van der Waals surface area contributed by atoms with Gasteiger partial charge in [0.25, 0.3) is 5.91 Å². The SMILES string of the molecule is O=C(NN1CCOCC1)c1cccc2c1CCNC2. The number of nitrogens with zero attached hydrogens (tertiary/aromatic N) is 1. The first kappa shape index (κ1) is 12.6. The fourth-order valence-corrected chi connectivity index (χ4v) is 2.62. The van der Waals surface area contributed by atoms with Gasteiger partial charge in [0, 0.05) is 25.2 Å². The van der Waals surface area contributed by atoms with E-state index in [2.05, 4.69) is 16.8 Å². The first-order valence-corrected chi connectivity index (χ1v) is 6.80. The molecule has 0 bridgehead atoms. The highest BCUT2D eigenvalue weighted by atomic mass is 16.5. The molecule has 0 spiro atoms. The van der Waals surface area contributed by atoms with E-state index in [1.807, 2.05) is 17.1 Å². The summed E-state index contributed by atoms with van der Waals surface area (Å²) < 4.78 is 5.28. The van der Waals surface area contributed by atoms with Crippen LogP contribution in [-0.4, -0.2) is 43.8 Å². The van der Waals surface area contributed by atoms with Gasteiger partial charge in [-0.15, -0.1) is 0 Å². The molecular weight excluding hydrogens is 242 g/mol. The smallest absolute Gasteiger partial charge is 0.265 e. The van der Waals surface area contributed by atoms with Crippen molar-refractivity contribution in [3.63, 3.8) is 0 Å². The summed E-state index contributed by atoms with van der Waals surface area (Å²) in [5.74, 6) is 0.000602. The summed E-state index contributed by atoms with van der Waals surface area (Å²) in [6.45, 7) is 4.65. The number of hydrazine groups is 1. The number of carbonyl (C=O) groups is 1. The van der Waals surface area contributed by atoms with Crippen molar-refractivity contribution in [3.05, 3.63) is 34.9 Å². The molecule has 2 heterocycles. The van der Waals surface area contributed by atoms with Crippen molar-refractivity contribution in [1.29, 1.82) is 0 Å². The molecule has 3 rings (SSSR count). The van der Waals surface area contributed by atoms with Crippen molar-refractivity contribution in [2.24, 2.45) is 0 Å². The molecule has 5 nitrogen and oxygen atoms in total. The quantitative estimate of drug-likeness (QED) is 0.804. The van der Waals surface area contributed by atoms with Gasteiger partial charge in [-0.05, 0) is 30.2 Å². The third-order valence-corrected chi connectivity index (χ3v) is 3.66. The molecule has 19 heavy (non-hydrogen) atoms. The molecule has 5 heteroatoms. The molecule has 0 radical (unpaired) electrons. The van der Waals surface area contributed by atoms with Crippen LogP contribution in [-0.2, 0) is 17.7 Å². The number of benzene rings is 1. The predicted molar refractivity (Wildman–Crippen MR) is 71.7 cm³/mol. The summed E-state index contributed by atoms with van der Waals surface area (Å²) >= 11 is 0. The van der Waals surface area contributed by atoms with Gasteiger partial charge in [0.1, 0.15) is 0 Å². The number of rotatable bonds is 2. The molecule has 2 N–H and O–H groups in total. The van der Waals surface area contributed by atoms with Crippen LogP contribution in [0.3, 0.4) is 0 Å². The number of amides is 1. The van der Waals surface area contributed by atoms with E-state index in [0.717, 1.165) is 38.2 Å². The van der Waals surface area contributed by atoms with E-state index in [1.165, 1.54) is 11.1 Å². The second-order valence-corrected chi connectivity index (χ2v) is 4.91. The van der Waals surface area contributed by atoms with Crippen molar-refractivity contribution >= 4 is 5.91 Å². The summed E-state index contributed by atoms with van der Waals surface area (Å²) in [7, 11) is 0. The van der Waals surface area contributed by atoms with Gasteiger partial charge in [-0.1, -0.05) is 12.1 Å². The molecule has 1 fully saturated rings. The largest absolute Gasteiger partial charge is 0.379 e. The van der Waals surface area contributed by atoms with Gasteiger partial charge in [-0.3, -0.25) is 10.2 Å². The summed E-state index contributed by atoms with van der Waals surface area (Å²) in [6, 6.07) is 5.97. The molecule has 0 saturated carbocycles. The molecule has 2 aliphatic rings. The Bertz CT molecular complexity index is 470. The van der Waals surface area contributed by atoms with Gasteiger partial charge >= 0.3 is 0 Å². The molecule has 2 aliphatic heterocycles. The van der Waals surface area contributed by atoms with Crippen LogP contribution < -0.4 is 10.7 Å². The van der Waals surface area contributed by atoms with Gasteiger partial charge in [-0.25, -0.2) is 5.01 Å². The number of hydrogen-bond donors (Lipinski definition) is 2. The van der Waals surface area contributed by atoms with Crippen LogP contribution in [0, 0.1) is 0 Å². The van der Waals surface area contributed by atoms with Crippen LogP contribution in [0.25, 0.3) is 0 Å². The zero-order valence-corrected chi connectivity index (χ0v) is 10.9. The predicted octanol–water partition coefficient (Wildman–Crippen LogP) is 0.309. The molecule has 0 aromatic heterocycles. The second-order valence-electron chi connectivity index (χ2n) is 4.91. The minimum Gasteiger partial charge on any atom is -0.379 e. The number of carbonyl (C=O) groups excluding carboxylic acids is 1. The first-order valence-electron chi connectivity index (χ1n) is 6.80. The third-order valence-electron chi connectivity index (χ3n) is 3.66. The number of fused-ring (bicyclic) bond motifs is 1. The Labute approximate surface area is 112 Å². The Kier molecular flexibility index (Phi) is 3.77. The van der Waals surface area contributed by atoms with Crippen molar-refractivity contribution in [3.8, 4) is 0 Å². The van der Waals surface area contributed by atoms with E-state index >= 15 is 0 Å². The van der Waals surface area contributed by atoms with Crippen molar-refractivity contribution in [1.82, 2.24) is 15.8 Å². The maximum absolute atomic E-state index is 12.4. The van der Waals surface area contributed by atoms with E-state index in [-0.39, 0.29) is 5.91 Å². The first-order chi connectivity index (χ1) is 9.34. The van der Waals surface area contributed by atoms with E-state index in [0.29, 0.717) is 13.2 Å². The normalized spacial score (nSPS) is 19.8. The minimum atomic E-state index is 0.000602. The highest BCUT2D eigenvalue weighted by Gasteiger charge is 2.19. The monoisotopic (exact) mass is 261 g/mol. The lowest BCUT2D eigenvalue weighted by atomic mass is 9.95. The van der Waals surface area contributed by atoms with Crippen LogP contribution in [0.15, 0.2) is 18.2 Å². The summed E-state index contributed by atoms with van der Waals surface area (Å²) in [5, 5.41) is 5.27. The molecular formula is C14H19N3O2. The average Bonchev–Trinajstić information content (AvgIpc) is 2.47. The Morgan fingerprint density at radius 3 is 3.00 bits per heavy atom. The third kappa shape index (κ3) is 2.78. The van der Waals surface area contributed by atoms with Crippen LogP contribution in [0.4, 0.5) is 0 Å². The van der Waals surface area contributed by atoms with Crippen molar-refractivity contribution < 1.29 is 9.53 Å². The second kappa shape index (κ2) is 5.69. The lowest BCUT2D eigenvalue weighted by molar-refractivity contribution is 0.0126. The molecule has 0 aliphatic carbocycles. The number of morpholine rings is 1. The van der Waals surface area contributed by atoms with Crippen molar-refractivity contribution in [2.45, 2.75) is 13.0 Å². The van der Waals surface area contributed by atoms with Crippen molar-refractivity contribution in [2.75, 3.05) is 32.8 Å². The standard InChI is InChI=1S/C14H19N3O2/c18-14(16-17-6-8-19-9-7-17)13-3-1-2-11-10-15-5-4-12(11)13/h1-3,15H,4-10H2,(H,16,18). The van der Waals surface area contributed by atoms with E-state index < -0.39 is 0 Å². The van der Waals surface area contributed by atoms with Crippen LogP contribution in [0.1, 0.15) is 21.5 Å². The van der Waals surface area contributed by atoms with Crippen LogP contribution >= 0.6 is 0 Å². The van der Waals surface area contributed by atoms with Gasteiger partial charge in [0.05, 0.1) is 13.2 Å². The lowest BCUT2D eigenvalue weighted by Crippen LogP contribution is -2.48. The maximum Gasteiger partial charge on any atom is 0.265 e. The summed E-state index contributed by atoms with van der Waals surface area (Å²) in [6.07, 6.45) is 0.919. The number of nitrogens with one attached hydrogen (secondary N) is 2. The summed E-state index contributed by atoms with van der Waals surface area (Å²) in [5.41, 5.74) is 6.21. The van der Waals surface area contributed by atoms with Crippen LogP contribution in [0.2, 0.25) is 0 Å². The zero-order valence-electron chi connectivity index (χ0n) is 10.9. The lowest BCUT2D eigenvalue weighted by Gasteiger charge is -2.28. The highest BCUT2D eigenvalue weighted by molar-refractivity contribution is 5.95. The maximum atomic E-state index is 12.4. The zero-order chi connectivity index (χ0) is 13.1. The Hall–Kier alpha value is -1.43. The Morgan fingerprint density at radius 2 is 2.16 bits per heavy atom. The molecule has 1 amide bonds. The van der Waals surface area contributed by atoms with Crippen LogP contribution in [0.5, 0.6) is 0 Å². The summed E-state index contributed by atoms with van der Waals surface area (Å²) in [4.78, 5) is 12.4. The molecule has 1 saturated heterocycles. The Balaban J connectivity index is 1.75. The molecule has 1 aromatic rings. The fraction of sp³-hybridized carbons (Fsp3) is 0.500. The number of hydrogen-bond acceptors (Lipinski definition) is 4. The average molecular weight is 261 g/mol. The molecule has 0 unspecified atom stereocenters. The van der Waals surface area contributed by atoms with E-state index in [1.54, 1.807) is 0 Å². The Morgan fingerprint density at radius 1 is 1.32 bits per heavy atom. The molecule has 102 valence electrons. The highest BCUT2D eigenvalue weighted by Crippen LogP contribution is 2.18.